The summed E-state index contributed by atoms with van der Waals surface area (Å²) in [5, 5.41) is 6.54. The fourth-order valence-electron chi connectivity index (χ4n) is 1.96. The zero-order chi connectivity index (χ0) is 11.0. The molecule has 0 aliphatic carbocycles. The molecule has 4 nitrogen and oxygen atoms in total. The molecule has 3 heterocycles. The summed E-state index contributed by atoms with van der Waals surface area (Å²) in [5.41, 5.74) is 2.46. The van der Waals surface area contributed by atoms with E-state index in [4.69, 9.17) is 0 Å². The third-order valence-electron chi connectivity index (χ3n) is 2.94. The Labute approximate surface area is 98.4 Å². The Kier molecular flexibility index (Phi) is 2.49. The lowest BCUT2D eigenvalue weighted by Gasteiger charge is -2.27. The van der Waals surface area contributed by atoms with Crippen LogP contribution >= 0.6 is 11.3 Å². The van der Waals surface area contributed by atoms with Gasteiger partial charge in [-0.25, -0.2) is 9.97 Å². The average Bonchev–Trinajstić information content (AvgIpc) is 2.75. The van der Waals surface area contributed by atoms with Gasteiger partial charge in [0.05, 0.1) is 23.6 Å². The molecule has 0 aromatic carbocycles. The quantitative estimate of drug-likeness (QED) is 0.872. The van der Waals surface area contributed by atoms with Gasteiger partial charge in [-0.2, -0.15) is 0 Å². The van der Waals surface area contributed by atoms with Crippen LogP contribution in [0.3, 0.4) is 0 Å². The normalized spacial score (nSPS) is 16.3. The number of hydrogen-bond acceptors (Lipinski definition) is 4. The van der Waals surface area contributed by atoms with Crippen LogP contribution in [0.2, 0.25) is 0 Å². The molecule has 0 radical (unpaired) electrons. The van der Waals surface area contributed by atoms with Gasteiger partial charge in [0.2, 0.25) is 0 Å². The standard InChI is InChI=1S/C11H14N4S/c1-8-14-10(6-16-8)5-15-7-13-4-11(15)9-2-12-3-9/h4,6-7,9,12H,2-3,5H2,1H3. The molecule has 0 bridgehead atoms. The maximum Gasteiger partial charge on any atom is 0.0951 e. The summed E-state index contributed by atoms with van der Waals surface area (Å²) in [6.45, 7) is 5.03. The molecule has 1 aliphatic heterocycles. The first kappa shape index (κ1) is 9.99. The van der Waals surface area contributed by atoms with Crippen LogP contribution in [0.25, 0.3) is 0 Å². The van der Waals surface area contributed by atoms with Gasteiger partial charge in [0.1, 0.15) is 0 Å². The Hall–Kier alpha value is -1.20. The summed E-state index contributed by atoms with van der Waals surface area (Å²) < 4.78 is 2.21. The molecular weight excluding hydrogens is 220 g/mol. The van der Waals surface area contributed by atoms with E-state index in [0.29, 0.717) is 5.92 Å². The predicted molar refractivity (Wildman–Crippen MR) is 63.8 cm³/mol. The molecule has 0 atom stereocenters. The van der Waals surface area contributed by atoms with E-state index < -0.39 is 0 Å². The molecule has 0 unspecified atom stereocenters. The second-order valence-corrected chi connectivity index (χ2v) is 5.22. The van der Waals surface area contributed by atoms with Crippen LogP contribution < -0.4 is 5.32 Å². The van der Waals surface area contributed by atoms with Gasteiger partial charge < -0.3 is 9.88 Å². The van der Waals surface area contributed by atoms with E-state index in [1.54, 1.807) is 11.3 Å². The number of aryl methyl sites for hydroxylation is 1. The minimum Gasteiger partial charge on any atom is -0.328 e. The molecule has 16 heavy (non-hydrogen) atoms. The van der Waals surface area contributed by atoms with E-state index in [1.165, 1.54) is 5.69 Å². The molecule has 3 rings (SSSR count). The maximum absolute atomic E-state index is 4.48. The van der Waals surface area contributed by atoms with Crippen LogP contribution in [0.15, 0.2) is 17.9 Å². The number of aromatic nitrogens is 3. The number of nitrogens with zero attached hydrogens (tertiary/aromatic N) is 3. The van der Waals surface area contributed by atoms with Crippen LogP contribution in [-0.2, 0) is 6.54 Å². The molecular formula is C11H14N4S. The van der Waals surface area contributed by atoms with Crippen LogP contribution in [0, 0.1) is 6.92 Å². The number of rotatable bonds is 3. The van der Waals surface area contributed by atoms with Crippen molar-refractivity contribution in [2.75, 3.05) is 13.1 Å². The van der Waals surface area contributed by atoms with E-state index >= 15 is 0 Å². The van der Waals surface area contributed by atoms with Crippen molar-refractivity contribution in [2.24, 2.45) is 0 Å². The van der Waals surface area contributed by atoms with Gasteiger partial charge in [-0.15, -0.1) is 11.3 Å². The maximum atomic E-state index is 4.48. The Morgan fingerprint density at radius 2 is 2.44 bits per heavy atom. The van der Waals surface area contributed by atoms with Crippen molar-refractivity contribution in [1.82, 2.24) is 19.9 Å². The smallest absolute Gasteiger partial charge is 0.0951 e. The summed E-state index contributed by atoms with van der Waals surface area (Å²) in [7, 11) is 0. The van der Waals surface area contributed by atoms with E-state index in [9.17, 15) is 0 Å². The molecule has 1 aliphatic rings. The molecule has 2 aromatic rings. The minimum atomic E-state index is 0.627. The SMILES string of the molecule is Cc1nc(Cn2cncc2C2CNC2)cs1. The monoisotopic (exact) mass is 234 g/mol. The molecule has 0 spiro atoms. The molecule has 2 aromatic heterocycles. The van der Waals surface area contributed by atoms with Crippen molar-refractivity contribution in [3.8, 4) is 0 Å². The third-order valence-corrected chi connectivity index (χ3v) is 3.77. The lowest BCUT2D eigenvalue weighted by atomic mass is 10.00. The highest BCUT2D eigenvalue weighted by Crippen LogP contribution is 2.20. The van der Waals surface area contributed by atoms with Gasteiger partial charge in [-0.05, 0) is 6.92 Å². The van der Waals surface area contributed by atoms with Crippen molar-refractivity contribution in [3.63, 3.8) is 0 Å². The summed E-state index contributed by atoms with van der Waals surface area (Å²) in [4.78, 5) is 8.72. The summed E-state index contributed by atoms with van der Waals surface area (Å²) in [5.74, 6) is 0.627. The van der Waals surface area contributed by atoms with Crippen LogP contribution in [-0.4, -0.2) is 27.6 Å². The first-order valence-corrected chi connectivity index (χ1v) is 6.32. The van der Waals surface area contributed by atoms with Gasteiger partial charge in [-0.1, -0.05) is 0 Å². The van der Waals surface area contributed by atoms with E-state index in [-0.39, 0.29) is 0 Å². The van der Waals surface area contributed by atoms with Gasteiger partial charge >= 0.3 is 0 Å². The van der Waals surface area contributed by atoms with Crippen molar-refractivity contribution in [1.29, 1.82) is 0 Å². The molecule has 5 heteroatoms. The lowest BCUT2D eigenvalue weighted by Crippen LogP contribution is -2.40. The van der Waals surface area contributed by atoms with Crippen molar-refractivity contribution < 1.29 is 0 Å². The molecule has 1 saturated heterocycles. The van der Waals surface area contributed by atoms with Gasteiger partial charge in [0.25, 0.3) is 0 Å². The highest BCUT2D eigenvalue weighted by molar-refractivity contribution is 7.09. The van der Waals surface area contributed by atoms with E-state index in [0.717, 1.165) is 30.3 Å². The minimum absolute atomic E-state index is 0.627. The Bertz CT molecular complexity index is 484. The van der Waals surface area contributed by atoms with Gasteiger partial charge in [-0.3, -0.25) is 0 Å². The second kappa shape index (κ2) is 3.99. The van der Waals surface area contributed by atoms with Crippen LogP contribution in [0.1, 0.15) is 22.3 Å². The van der Waals surface area contributed by atoms with Crippen molar-refractivity contribution in [2.45, 2.75) is 19.4 Å². The molecule has 84 valence electrons. The van der Waals surface area contributed by atoms with Crippen LogP contribution in [0.4, 0.5) is 0 Å². The van der Waals surface area contributed by atoms with E-state index in [2.05, 4.69) is 25.2 Å². The van der Waals surface area contributed by atoms with E-state index in [1.807, 2.05) is 19.4 Å². The lowest BCUT2D eigenvalue weighted by molar-refractivity contribution is 0.427. The number of thiazole rings is 1. The molecule has 0 saturated carbocycles. The number of hydrogen-bond donors (Lipinski definition) is 1. The molecule has 0 amide bonds. The largest absolute Gasteiger partial charge is 0.328 e. The van der Waals surface area contributed by atoms with Crippen molar-refractivity contribution in [3.05, 3.63) is 34.3 Å². The number of imidazole rings is 1. The molecule has 1 fully saturated rings. The zero-order valence-electron chi connectivity index (χ0n) is 9.18. The fraction of sp³-hybridized carbons (Fsp3) is 0.455. The Balaban J connectivity index is 1.81. The van der Waals surface area contributed by atoms with Gasteiger partial charge in [0, 0.05) is 36.3 Å². The summed E-state index contributed by atoms with van der Waals surface area (Å²) >= 11 is 1.70. The molecule has 1 N–H and O–H groups in total. The average molecular weight is 234 g/mol. The van der Waals surface area contributed by atoms with Gasteiger partial charge in [0.15, 0.2) is 0 Å². The Morgan fingerprint density at radius 1 is 1.56 bits per heavy atom. The third kappa shape index (κ3) is 1.76. The van der Waals surface area contributed by atoms with Crippen molar-refractivity contribution >= 4 is 11.3 Å². The van der Waals surface area contributed by atoms with Crippen LogP contribution in [0.5, 0.6) is 0 Å². The highest BCUT2D eigenvalue weighted by Gasteiger charge is 2.22. The summed E-state index contributed by atoms with van der Waals surface area (Å²) in [6.07, 6.45) is 3.88. The highest BCUT2D eigenvalue weighted by atomic mass is 32.1. The zero-order valence-corrected chi connectivity index (χ0v) is 10.00. The predicted octanol–water partition coefficient (Wildman–Crippen LogP) is 1.38. The first-order chi connectivity index (χ1) is 7.83. The fourth-order valence-corrected chi connectivity index (χ4v) is 2.56. The topological polar surface area (TPSA) is 42.7 Å². The number of nitrogens with one attached hydrogen (secondary N) is 1. The first-order valence-electron chi connectivity index (χ1n) is 5.44. The Morgan fingerprint density at radius 3 is 3.06 bits per heavy atom. The summed E-state index contributed by atoms with van der Waals surface area (Å²) in [6, 6.07) is 0. The second-order valence-electron chi connectivity index (χ2n) is 4.16.